The molecule has 1 aliphatic rings. The lowest BCUT2D eigenvalue weighted by atomic mass is 10.1. The van der Waals surface area contributed by atoms with Gasteiger partial charge in [-0.05, 0) is 0 Å². The van der Waals surface area contributed by atoms with E-state index in [2.05, 4.69) is 5.10 Å². The second-order valence-corrected chi connectivity index (χ2v) is 3.92. The molecule has 2 rings (SSSR count). The van der Waals surface area contributed by atoms with Gasteiger partial charge in [-0.1, -0.05) is 0 Å². The summed E-state index contributed by atoms with van der Waals surface area (Å²) < 4.78 is 26.4. The van der Waals surface area contributed by atoms with Gasteiger partial charge in [0.25, 0.3) is 17.7 Å². The maximum Gasteiger partial charge on any atom is 0.282 e. The summed E-state index contributed by atoms with van der Waals surface area (Å²) in [6, 6.07) is 1.20. The molecule has 1 aromatic heterocycles. The van der Waals surface area contributed by atoms with Gasteiger partial charge in [-0.25, -0.2) is 8.78 Å². The topological polar surface area (TPSA) is 81.2 Å². The van der Waals surface area contributed by atoms with Crippen LogP contribution in [0, 0.1) is 0 Å². The minimum Gasteiger partial charge on any atom is -0.364 e. The van der Waals surface area contributed by atoms with E-state index in [9.17, 15) is 18.4 Å². The molecule has 0 aromatic carbocycles. The number of hydrogen-bond acceptors (Lipinski definition) is 3. The van der Waals surface area contributed by atoms with Crippen molar-refractivity contribution in [1.82, 2.24) is 14.7 Å². The standard InChI is InChI=1S/C9H10F2N4O2/c1-14-6(2-5(13-14)7(12)16)8(17)15-3-9(10,11)4-15/h2H,3-4H2,1H3,(H2,12,16). The Balaban J connectivity index is 2.18. The minimum atomic E-state index is -2.82. The van der Waals surface area contributed by atoms with Gasteiger partial charge in [0.1, 0.15) is 5.69 Å². The first-order chi connectivity index (χ1) is 7.80. The quantitative estimate of drug-likeness (QED) is 0.769. The Labute approximate surface area is 95.0 Å². The number of nitrogens with zero attached hydrogens (tertiary/aromatic N) is 3. The van der Waals surface area contributed by atoms with Crippen molar-refractivity contribution in [3.05, 3.63) is 17.5 Å². The van der Waals surface area contributed by atoms with Gasteiger partial charge in [0.15, 0.2) is 5.69 Å². The molecule has 0 radical (unpaired) electrons. The molecule has 2 N–H and O–H groups in total. The molecule has 0 atom stereocenters. The molecule has 1 fully saturated rings. The van der Waals surface area contributed by atoms with E-state index in [-0.39, 0.29) is 11.4 Å². The Bertz CT molecular complexity index is 489. The number of carbonyl (C=O) groups excluding carboxylic acids is 2. The van der Waals surface area contributed by atoms with Crippen LogP contribution in [0.5, 0.6) is 0 Å². The van der Waals surface area contributed by atoms with E-state index >= 15 is 0 Å². The summed E-state index contributed by atoms with van der Waals surface area (Å²) in [6.45, 7) is -1.22. The van der Waals surface area contributed by atoms with Crippen molar-refractivity contribution in [2.24, 2.45) is 12.8 Å². The first-order valence-electron chi connectivity index (χ1n) is 4.81. The van der Waals surface area contributed by atoms with Gasteiger partial charge in [0.2, 0.25) is 0 Å². The predicted octanol–water partition coefficient (Wildman–Crippen LogP) is -0.390. The van der Waals surface area contributed by atoms with E-state index in [1.807, 2.05) is 0 Å². The molecule has 1 aromatic rings. The molecule has 17 heavy (non-hydrogen) atoms. The Morgan fingerprint density at radius 1 is 1.47 bits per heavy atom. The third-order valence-corrected chi connectivity index (χ3v) is 2.48. The van der Waals surface area contributed by atoms with Crippen molar-refractivity contribution in [3.63, 3.8) is 0 Å². The van der Waals surface area contributed by atoms with Crippen LogP contribution in [0.2, 0.25) is 0 Å². The van der Waals surface area contributed by atoms with E-state index in [0.29, 0.717) is 0 Å². The van der Waals surface area contributed by atoms with Gasteiger partial charge in [0, 0.05) is 13.1 Å². The molecule has 0 unspecified atom stereocenters. The number of carbonyl (C=O) groups is 2. The molecule has 2 amide bonds. The van der Waals surface area contributed by atoms with Crippen molar-refractivity contribution < 1.29 is 18.4 Å². The van der Waals surface area contributed by atoms with E-state index in [0.717, 1.165) is 9.58 Å². The lowest BCUT2D eigenvalue weighted by Crippen LogP contribution is -2.58. The lowest BCUT2D eigenvalue weighted by Gasteiger charge is -2.38. The van der Waals surface area contributed by atoms with Gasteiger partial charge in [-0.2, -0.15) is 5.10 Å². The van der Waals surface area contributed by atoms with Crippen molar-refractivity contribution in [3.8, 4) is 0 Å². The summed E-state index contributed by atoms with van der Waals surface area (Å²) in [7, 11) is 1.44. The van der Waals surface area contributed by atoms with Gasteiger partial charge in [-0.15, -0.1) is 0 Å². The van der Waals surface area contributed by atoms with Crippen LogP contribution in [0.15, 0.2) is 6.07 Å². The first kappa shape index (κ1) is 11.5. The monoisotopic (exact) mass is 244 g/mol. The average molecular weight is 244 g/mol. The number of halogens is 2. The summed E-state index contributed by atoms with van der Waals surface area (Å²) in [6.07, 6.45) is 0. The first-order valence-corrected chi connectivity index (χ1v) is 4.81. The minimum absolute atomic E-state index is 0.0642. The lowest BCUT2D eigenvalue weighted by molar-refractivity contribution is -0.113. The number of hydrogen-bond donors (Lipinski definition) is 1. The van der Waals surface area contributed by atoms with Crippen LogP contribution in [0.1, 0.15) is 21.0 Å². The summed E-state index contributed by atoms with van der Waals surface area (Å²) in [5.41, 5.74) is 5.00. The van der Waals surface area contributed by atoms with Crippen LogP contribution >= 0.6 is 0 Å². The highest BCUT2D eigenvalue weighted by atomic mass is 19.3. The van der Waals surface area contributed by atoms with E-state index in [4.69, 9.17) is 5.73 Å². The fraction of sp³-hybridized carbons (Fsp3) is 0.444. The number of aromatic nitrogens is 2. The molecular weight excluding hydrogens is 234 g/mol. The maximum atomic E-state index is 12.6. The number of likely N-dealkylation sites (tertiary alicyclic amines) is 1. The number of aryl methyl sites for hydroxylation is 1. The van der Waals surface area contributed by atoms with Crippen LogP contribution in [0.3, 0.4) is 0 Å². The van der Waals surface area contributed by atoms with E-state index < -0.39 is 30.8 Å². The zero-order valence-electron chi connectivity index (χ0n) is 8.98. The van der Waals surface area contributed by atoms with Crippen LogP contribution < -0.4 is 5.73 Å². The SMILES string of the molecule is Cn1nc(C(N)=O)cc1C(=O)N1CC(F)(F)C1. The zero-order valence-corrected chi connectivity index (χ0v) is 8.98. The molecular formula is C9H10F2N4O2. The molecule has 92 valence electrons. The Morgan fingerprint density at radius 2 is 2.06 bits per heavy atom. The summed E-state index contributed by atoms with van der Waals surface area (Å²) in [5.74, 6) is -4.17. The fourth-order valence-corrected chi connectivity index (χ4v) is 1.61. The highest BCUT2D eigenvalue weighted by molar-refractivity contribution is 5.97. The third-order valence-electron chi connectivity index (χ3n) is 2.48. The molecule has 0 aliphatic carbocycles. The molecule has 1 saturated heterocycles. The molecule has 8 heteroatoms. The number of alkyl halides is 2. The highest BCUT2D eigenvalue weighted by Crippen LogP contribution is 2.27. The van der Waals surface area contributed by atoms with Gasteiger partial charge >= 0.3 is 0 Å². The molecule has 0 spiro atoms. The van der Waals surface area contributed by atoms with Crippen LogP contribution in [-0.2, 0) is 7.05 Å². The largest absolute Gasteiger partial charge is 0.364 e. The maximum absolute atomic E-state index is 12.6. The Morgan fingerprint density at radius 3 is 2.47 bits per heavy atom. The van der Waals surface area contributed by atoms with Crippen LogP contribution in [-0.4, -0.2) is 45.5 Å². The Kier molecular flexibility index (Phi) is 2.37. The second kappa shape index (κ2) is 3.51. The summed E-state index contributed by atoms with van der Waals surface area (Å²) in [5, 5.41) is 3.72. The normalized spacial score (nSPS) is 17.7. The second-order valence-electron chi connectivity index (χ2n) is 3.92. The smallest absolute Gasteiger partial charge is 0.282 e. The van der Waals surface area contributed by atoms with Crippen molar-refractivity contribution >= 4 is 11.8 Å². The fourth-order valence-electron chi connectivity index (χ4n) is 1.61. The molecule has 6 nitrogen and oxygen atoms in total. The summed E-state index contributed by atoms with van der Waals surface area (Å²) in [4.78, 5) is 23.6. The number of rotatable bonds is 2. The highest BCUT2D eigenvalue weighted by Gasteiger charge is 2.47. The predicted molar refractivity (Wildman–Crippen MR) is 52.6 cm³/mol. The third kappa shape index (κ3) is 1.97. The van der Waals surface area contributed by atoms with Crippen molar-refractivity contribution in [1.29, 1.82) is 0 Å². The molecule has 0 bridgehead atoms. The molecule has 0 saturated carbocycles. The average Bonchev–Trinajstić information content (AvgIpc) is 2.55. The van der Waals surface area contributed by atoms with Gasteiger partial charge < -0.3 is 10.6 Å². The zero-order chi connectivity index (χ0) is 12.8. The van der Waals surface area contributed by atoms with Crippen molar-refractivity contribution in [2.45, 2.75) is 5.92 Å². The Hall–Kier alpha value is -1.99. The van der Waals surface area contributed by atoms with Crippen LogP contribution in [0.25, 0.3) is 0 Å². The molecule has 1 aliphatic heterocycles. The summed E-state index contributed by atoms with van der Waals surface area (Å²) >= 11 is 0. The van der Waals surface area contributed by atoms with Crippen molar-refractivity contribution in [2.75, 3.05) is 13.1 Å². The van der Waals surface area contributed by atoms with Gasteiger partial charge in [-0.3, -0.25) is 14.3 Å². The number of primary amides is 1. The number of amides is 2. The van der Waals surface area contributed by atoms with Gasteiger partial charge in [0.05, 0.1) is 13.1 Å². The van der Waals surface area contributed by atoms with Crippen LogP contribution in [0.4, 0.5) is 8.78 Å². The number of nitrogens with two attached hydrogens (primary N) is 1. The van der Waals surface area contributed by atoms with E-state index in [1.54, 1.807) is 0 Å². The van der Waals surface area contributed by atoms with E-state index in [1.165, 1.54) is 13.1 Å². The molecule has 2 heterocycles.